The van der Waals surface area contributed by atoms with Crippen molar-refractivity contribution < 1.29 is 18.9 Å². The van der Waals surface area contributed by atoms with Crippen molar-refractivity contribution in [1.29, 1.82) is 0 Å². The highest BCUT2D eigenvalue weighted by Gasteiger charge is 2.45. The Morgan fingerprint density at radius 1 is 1.15 bits per heavy atom. The van der Waals surface area contributed by atoms with E-state index in [1.165, 1.54) is 34.1 Å². The largest absolute Gasteiger partial charge is 0.323 e. The second-order valence-corrected chi connectivity index (χ2v) is 6.30. The summed E-state index contributed by atoms with van der Waals surface area (Å²) in [5, 5.41) is 0. The summed E-state index contributed by atoms with van der Waals surface area (Å²) in [5.41, 5.74) is 0.467. The summed E-state index contributed by atoms with van der Waals surface area (Å²) in [7, 11) is 0. The molecular weight excluding hydrogens is 279 g/mol. The van der Waals surface area contributed by atoms with Gasteiger partial charge >= 0.3 is 0 Å². The van der Waals surface area contributed by atoms with Crippen LogP contribution in [0.3, 0.4) is 0 Å². The maximum absolute atomic E-state index is 12.9. The van der Waals surface area contributed by atoms with Gasteiger partial charge in [-0.25, -0.2) is 9.29 Å². The molecule has 2 aliphatic rings. The lowest BCUT2D eigenvalue weighted by Gasteiger charge is -2.27. The van der Waals surface area contributed by atoms with Crippen LogP contribution in [-0.2, 0) is 9.59 Å². The average molecular weight is 295 g/mol. The van der Waals surface area contributed by atoms with Crippen molar-refractivity contribution in [3.63, 3.8) is 0 Å². The zero-order chi connectivity index (χ0) is 14.1. The third-order valence-electron chi connectivity index (χ3n) is 3.86. The second-order valence-electron chi connectivity index (χ2n) is 5.07. The lowest BCUT2D eigenvalue weighted by atomic mass is 10.2. The van der Waals surface area contributed by atoms with E-state index in [-0.39, 0.29) is 30.1 Å². The van der Waals surface area contributed by atoms with Crippen LogP contribution in [0.2, 0.25) is 0 Å². The number of hydrogen-bond acceptors (Lipinski definition) is 3. The minimum absolute atomic E-state index is 0.150. The number of imide groups is 1. The second kappa shape index (κ2) is 5.54. The number of thioether (sulfide) groups is 1. The Balaban J connectivity index is 1.81. The minimum atomic E-state index is -0.372. The number of nitrogens with one attached hydrogen (secondary N) is 1. The predicted molar refractivity (Wildman–Crippen MR) is 75.3 cm³/mol. The third kappa shape index (κ3) is 2.45. The van der Waals surface area contributed by atoms with Gasteiger partial charge in [0, 0.05) is 11.5 Å². The van der Waals surface area contributed by atoms with Crippen molar-refractivity contribution in [1.82, 2.24) is 0 Å². The van der Waals surface area contributed by atoms with E-state index in [1.54, 1.807) is 0 Å². The van der Waals surface area contributed by atoms with Crippen LogP contribution in [0.25, 0.3) is 0 Å². The Hall–Kier alpha value is -1.40. The molecule has 4 nitrogen and oxygen atoms in total. The van der Waals surface area contributed by atoms with Gasteiger partial charge in [0.1, 0.15) is 5.82 Å². The van der Waals surface area contributed by atoms with Gasteiger partial charge in [0.25, 0.3) is 5.91 Å². The van der Waals surface area contributed by atoms with Crippen LogP contribution in [0.1, 0.15) is 6.42 Å². The first kappa shape index (κ1) is 13.6. The standard InChI is InChI=1S/C14H15FN2O2S/c15-10-1-3-11(4-2-10)17-13(18)9-12(14(17)19)16-5-7-20-8-6-16/h1-4,12H,5-9H2/p+1/t12-/m1/s1. The molecule has 1 atom stereocenters. The van der Waals surface area contributed by atoms with Crippen molar-refractivity contribution in [3.05, 3.63) is 30.1 Å². The molecule has 0 spiro atoms. The molecule has 3 rings (SSSR count). The van der Waals surface area contributed by atoms with Crippen molar-refractivity contribution in [2.24, 2.45) is 0 Å². The third-order valence-corrected chi connectivity index (χ3v) is 4.84. The molecule has 20 heavy (non-hydrogen) atoms. The fraction of sp³-hybridized carbons (Fsp3) is 0.429. The van der Waals surface area contributed by atoms with Crippen LogP contribution in [0.4, 0.5) is 10.1 Å². The van der Waals surface area contributed by atoms with Crippen LogP contribution in [0.5, 0.6) is 0 Å². The Labute approximate surface area is 120 Å². The summed E-state index contributed by atoms with van der Waals surface area (Å²) < 4.78 is 12.9. The molecule has 2 amide bonds. The van der Waals surface area contributed by atoms with Gasteiger partial charge in [-0.1, -0.05) is 0 Å². The van der Waals surface area contributed by atoms with E-state index in [9.17, 15) is 14.0 Å². The van der Waals surface area contributed by atoms with Crippen LogP contribution in [0, 0.1) is 5.82 Å². The van der Waals surface area contributed by atoms with Gasteiger partial charge in [-0.2, -0.15) is 11.8 Å². The molecule has 1 N–H and O–H groups in total. The number of quaternary nitrogens is 1. The first-order chi connectivity index (χ1) is 9.66. The van der Waals surface area contributed by atoms with E-state index in [1.807, 2.05) is 11.8 Å². The molecule has 1 aromatic rings. The highest BCUT2D eigenvalue weighted by atomic mass is 32.2. The number of benzene rings is 1. The zero-order valence-corrected chi connectivity index (χ0v) is 11.8. The summed E-state index contributed by atoms with van der Waals surface area (Å²) in [6.07, 6.45) is 0.260. The molecule has 2 aliphatic heterocycles. The first-order valence-corrected chi connectivity index (χ1v) is 7.87. The molecule has 0 saturated carbocycles. The van der Waals surface area contributed by atoms with E-state index in [0.717, 1.165) is 24.6 Å². The number of hydrogen-bond donors (Lipinski definition) is 1. The molecular formula is C14H16FN2O2S+. The van der Waals surface area contributed by atoms with Gasteiger partial charge in [-0.3, -0.25) is 9.59 Å². The molecule has 0 unspecified atom stereocenters. The number of anilines is 1. The topological polar surface area (TPSA) is 41.8 Å². The van der Waals surface area contributed by atoms with Crippen LogP contribution >= 0.6 is 11.8 Å². The highest BCUT2D eigenvalue weighted by molar-refractivity contribution is 7.99. The van der Waals surface area contributed by atoms with Crippen molar-refractivity contribution in [2.45, 2.75) is 12.5 Å². The summed E-state index contributed by atoms with van der Waals surface area (Å²) in [6.45, 7) is 1.84. The van der Waals surface area contributed by atoms with E-state index in [2.05, 4.69) is 0 Å². The summed E-state index contributed by atoms with van der Waals surface area (Å²) in [6, 6.07) is 5.24. The normalized spacial score (nSPS) is 24.4. The Bertz CT molecular complexity index is 528. The summed E-state index contributed by atoms with van der Waals surface area (Å²) in [5.74, 6) is 1.36. The maximum atomic E-state index is 12.9. The van der Waals surface area contributed by atoms with Crippen LogP contribution < -0.4 is 9.80 Å². The van der Waals surface area contributed by atoms with Crippen LogP contribution in [-0.4, -0.2) is 42.5 Å². The molecule has 6 heteroatoms. The Morgan fingerprint density at radius 3 is 2.45 bits per heavy atom. The SMILES string of the molecule is O=C1C[C@@H]([NH+]2CCSCC2)C(=O)N1c1ccc(F)cc1. The fourth-order valence-corrected chi connectivity index (χ4v) is 3.81. The molecule has 106 valence electrons. The molecule has 2 heterocycles. The fourth-order valence-electron chi connectivity index (χ4n) is 2.79. The molecule has 2 fully saturated rings. The average Bonchev–Trinajstić information content (AvgIpc) is 2.76. The molecule has 0 bridgehead atoms. The van der Waals surface area contributed by atoms with E-state index >= 15 is 0 Å². The van der Waals surface area contributed by atoms with Crippen LogP contribution in [0.15, 0.2) is 24.3 Å². The van der Waals surface area contributed by atoms with Gasteiger partial charge < -0.3 is 4.90 Å². The summed E-state index contributed by atoms with van der Waals surface area (Å²) in [4.78, 5) is 27.0. The quantitative estimate of drug-likeness (QED) is 0.786. The number of rotatable bonds is 2. The van der Waals surface area contributed by atoms with Crippen molar-refractivity contribution >= 4 is 29.3 Å². The molecule has 1 aromatic carbocycles. The van der Waals surface area contributed by atoms with E-state index in [4.69, 9.17) is 0 Å². The van der Waals surface area contributed by atoms with Gasteiger partial charge in [-0.15, -0.1) is 0 Å². The number of carbonyl (C=O) groups is 2. The Kier molecular flexibility index (Phi) is 3.76. The number of carbonyl (C=O) groups excluding carboxylic acids is 2. The monoisotopic (exact) mass is 295 g/mol. The Morgan fingerprint density at radius 2 is 1.80 bits per heavy atom. The highest BCUT2D eigenvalue weighted by Crippen LogP contribution is 2.22. The maximum Gasteiger partial charge on any atom is 0.292 e. The molecule has 2 saturated heterocycles. The van der Waals surface area contributed by atoms with Gasteiger partial charge in [0.2, 0.25) is 5.91 Å². The van der Waals surface area contributed by atoms with E-state index < -0.39 is 0 Å². The lowest BCUT2D eigenvalue weighted by molar-refractivity contribution is -0.911. The number of nitrogens with zero attached hydrogens (tertiary/aromatic N) is 1. The smallest absolute Gasteiger partial charge is 0.292 e. The van der Waals surface area contributed by atoms with E-state index in [0.29, 0.717) is 5.69 Å². The zero-order valence-electron chi connectivity index (χ0n) is 11.0. The molecule has 0 aromatic heterocycles. The lowest BCUT2D eigenvalue weighted by Crippen LogP contribution is -3.18. The van der Waals surface area contributed by atoms with Crippen molar-refractivity contribution in [3.8, 4) is 0 Å². The minimum Gasteiger partial charge on any atom is -0.323 e. The summed E-state index contributed by atoms with van der Waals surface area (Å²) >= 11 is 1.89. The van der Waals surface area contributed by atoms with Gasteiger partial charge in [0.05, 0.1) is 25.2 Å². The molecule has 0 aliphatic carbocycles. The predicted octanol–water partition coefficient (Wildman–Crippen LogP) is 0.0893. The van der Waals surface area contributed by atoms with Gasteiger partial charge in [0.15, 0.2) is 6.04 Å². The number of amides is 2. The molecule has 0 radical (unpaired) electrons. The number of halogens is 1. The first-order valence-electron chi connectivity index (χ1n) is 6.71. The van der Waals surface area contributed by atoms with Gasteiger partial charge in [-0.05, 0) is 24.3 Å². The van der Waals surface area contributed by atoms with Crippen molar-refractivity contribution in [2.75, 3.05) is 29.5 Å².